The van der Waals surface area contributed by atoms with Crippen molar-refractivity contribution in [3.63, 3.8) is 0 Å². The number of amides is 1. The van der Waals surface area contributed by atoms with E-state index in [-0.39, 0.29) is 0 Å². The summed E-state index contributed by atoms with van der Waals surface area (Å²) in [5.74, 6) is 0.333. The van der Waals surface area contributed by atoms with Crippen LogP contribution in [0.15, 0.2) is 42.5 Å². The molecule has 1 unspecified atom stereocenters. The summed E-state index contributed by atoms with van der Waals surface area (Å²) in [6.45, 7) is 6.04. The Morgan fingerprint density at radius 3 is 2.26 bits per heavy atom. The maximum absolute atomic E-state index is 11.8. The van der Waals surface area contributed by atoms with E-state index >= 15 is 0 Å². The van der Waals surface area contributed by atoms with Crippen LogP contribution in [0.1, 0.15) is 29.2 Å². The first kappa shape index (κ1) is 17.0. The Morgan fingerprint density at radius 1 is 1.09 bits per heavy atom. The number of ether oxygens (including phenoxy) is 2. The van der Waals surface area contributed by atoms with Gasteiger partial charge in [-0.05, 0) is 43.0 Å². The van der Waals surface area contributed by atoms with Gasteiger partial charge < -0.3 is 15.2 Å². The molecule has 2 aromatic carbocycles. The van der Waals surface area contributed by atoms with Gasteiger partial charge in [0.15, 0.2) is 5.60 Å². The van der Waals surface area contributed by atoms with Gasteiger partial charge in [0.25, 0.3) is 5.91 Å². The first-order chi connectivity index (χ1) is 10.9. The molecule has 0 aliphatic heterocycles. The predicted molar refractivity (Wildman–Crippen MR) is 90.2 cm³/mol. The fraction of sp³-hybridized carbons (Fsp3) is 0.316. The number of carbonyl (C=O) groups is 1. The van der Waals surface area contributed by atoms with Crippen molar-refractivity contribution < 1.29 is 14.3 Å². The fourth-order valence-corrected chi connectivity index (χ4v) is 2.63. The van der Waals surface area contributed by atoms with Crippen molar-refractivity contribution in [3.05, 3.63) is 64.7 Å². The summed E-state index contributed by atoms with van der Waals surface area (Å²) in [6.07, 6.45) is 0. The third-order valence-electron chi connectivity index (χ3n) is 4.19. The number of para-hydroxylation sites is 1. The summed E-state index contributed by atoms with van der Waals surface area (Å²) in [6, 6.07) is 13.6. The summed E-state index contributed by atoms with van der Waals surface area (Å²) in [7, 11) is 1.48. The van der Waals surface area contributed by atoms with E-state index in [4.69, 9.17) is 15.2 Å². The molecule has 0 aromatic heterocycles. The first-order valence-corrected chi connectivity index (χ1v) is 7.52. The summed E-state index contributed by atoms with van der Waals surface area (Å²) >= 11 is 0. The SMILES string of the molecule is COC(C)(C(N)=O)c1ccccc1COc1c(C)cccc1C. The lowest BCUT2D eigenvalue weighted by molar-refractivity contribution is -0.139. The second kappa shape index (κ2) is 6.84. The number of hydrogen-bond donors (Lipinski definition) is 1. The van der Waals surface area contributed by atoms with E-state index in [0.717, 1.165) is 28.0 Å². The van der Waals surface area contributed by atoms with Crippen LogP contribution >= 0.6 is 0 Å². The van der Waals surface area contributed by atoms with E-state index in [2.05, 4.69) is 0 Å². The Morgan fingerprint density at radius 2 is 1.70 bits per heavy atom. The lowest BCUT2D eigenvalue weighted by atomic mass is 9.90. The van der Waals surface area contributed by atoms with Gasteiger partial charge in [0.1, 0.15) is 12.4 Å². The molecule has 0 saturated heterocycles. The van der Waals surface area contributed by atoms with Crippen molar-refractivity contribution in [2.45, 2.75) is 33.0 Å². The second-order valence-electron chi connectivity index (χ2n) is 5.77. The highest BCUT2D eigenvalue weighted by Crippen LogP contribution is 2.29. The second-order valence-corrected chi connectivity index (χ2v) is 5.77. The summed E-state index contributed by atoms with van der Waals surface area (Å²) in [4.78, 5) is 11.8. The third-order valence-corrected chi connectivity index (χ3v) is 4.19. The van der Waals surface area contributed by atoms with Gasteiger partial charge in [-0.25, -0.2) is 0 Å². The molecule has 2 aromatic rings. The van der Waals surface area contributed by atoms with Gasteiger partial charge in [-0.3, -0.25) is 4.79 Å². The standard InChI is InChI=1S/C19H23NO3/c1-13-8-7-9-14(2)17(13)23-12-15-10-5-6-11-16(15)19(3,22-4)18(20)21/h5-11H,12H2,1-4H3,(H2,20,21). The molecule has 2 N–H and O–H groups in total. The van der Waals surface area contributed by atoms with Crippen LogP contribution in [0, 0.1) is 13.8 Å². The average Bonchev–Trinajstić information content (AvgIpc) is 2.54. The quantitative estimate of drug-likeness (QED) is 0.890. The largest absolute Gasteiger partial charge is 0.488 e. The topological polar surface area (TPSA) is 61.5 Å². The van der Waals surface area contributed by atoms with Crippen LogP contribution in [0.2, 0.25) is 0 Å². The Labute approximate surface area is 137 Å². The number of rotatable bonds is 6. The van der Waals surface area contributed by atoms with Crippen molar-refractivity contribution in [2.24, 2.45) is 5.73 Å². The number of primary amides is 1. The molecule has 0 spiro atoms. The van der Waals surface area contributed by atoms with Crippen LogP contribution in [-0.2, 0) is 21.7 Å². The highest BCUT2D eigenvalue weighted by molar-refractivity contribution is 5.85. The van der Waals surface area contributed by atoms with Crippen molar-refractivity contribution in [1.82, 2.24) is 0 Å². The van der Waals surface area contributed by atoms with Gasteiger partial charge in [-0.2, -0.15) is 0 Å². The van der Waals surface area contributed by atoms with Crippen LogP contribution in [0.25, 0.3) is 0 Å². The maximum atomic E-state index is 11.8. The van der Waals surface area contributed by atoms with Crippen LogP contribution in [0.4, 0.5) is 0 Å². The van der Waals surface area contributed by atoms with Crippen molar-refractivity contribution in [2.75, 3.05) is 7.11 Å². The van der Waals surface area contributed by atoms with Crippen LogP contribution in [0.5, 0.6) is 5.75 Å². The number of nitrogens with two attached hydrogens (primary N) is 1. The highest BCUT2D eigenvalue weighted by atomic mass is 16.5. The van der Waals surface area contributed by atoms with Crippen molar-refractivity contribution in [3.8, 4) is 5.75 Å². The van der Waals surface area contributed by atoms with Gasteiger partial charge >= 0.3 is 0 Å². The van der Waals surface area contributed by atoms with Gasteiger partial charge in [-0.15, -0.1) is 0 Å². The maximum Gasteiger partial charge on any atom is 0.254 e. The number of aryl methyl sites for hydroxylation is 2. The van der Waals surface area contributed by atoms with E-state index in [9.17, 15) is 4.79 Å². The van der Waals surface area contributed by atoms with Crippen LogP contribution < -0.4 is 10.5 Å². The molecule has 2 rings (SSSR count). The zero-order chi connectivity index (χ0) is 17.0. The molecule has 0 aliphatic carbocycles. The Kier molecular flexibility index (Phi) is 5.06. The van der Waals surface area contributed by atoms with E-state index in [1.807, 2.05) is 56.3 Å². The highest BCUT2D eigenvalue weighted by Gasteiger charge is 2.35. The van der Waals surface area contributed by atoms with Gasteiger partial charge in [0.2, 0.25) is 0 Å². The summed E-state index contributed by atoms with van der Waals surface area (Å²) in [5, 5.41) is 0. The molecule has 0 aliphatic rings. The fourth-order valence-electron chi connectivity index (χ4n) is 2.63. The monoisotopic (exact) mass is 313 g/mol. The number of hydrogen-bond acceptors (Lipinski definition) is 3. The zero-order valence-electron chi connectivity index (χ0n) is 14.1. The molecule has 4 heteroatoms. The molecule has 0 bridgehead atoms. The zero-order valence-corrected chi connectivity index (χ0v) is 14.1. The molecular weight excluding hydrogens is 290 g/mol. The van der Waals surface area contributed by atoms with E-state index in [1.54, 1.807) is 6.92 Å². The summed E-state index contributed by atoms with van der Waals surface area (Å²) in [5.41, 5.74) is 8.10. The van der Waals surface area contributed by atoms with Gasteiger partial charge in [0, 0.05) is 7.11 Å². The minimum atomic E-state index is -1.18. The smallest absolute Gasteiger partial charge is 0.254 e. The third kappa shape index (κ3) is 3.37. The molecule has 1 amide bonds. The normalized spacial score (nSPS) is 13.4. The Bertz CT molecular complexity index is 691. The predicted octanol–water partition coefficient (Wildman–Crippen LogP) is 3.23. The van der Waals surface area contributed by atoms with E-state index in [0.29, 0.717) is 6.61 Å². The van der Waals surface area contributed by atoms with Crippen molar-refractivity contribution in [1.29, 1.82) is 0 Å². The van der Waals surface area contributed by atoms with Crippen molar-refractivity contribution >= 4 is 5.91 Å². The molecule has 1 atom stereocenters. The number of carbonyl (C=O) groups excluding carboxylic acids is 1. The molecule has 0 radical (unpaired) electrons. The summed E-state index contributed by atoms with van der Waals surface area (Å²) < 4.78 is 11.4. The number of benzene rings is 2. The molecule has 23 heavy (non-hydrogen) atoms. The van der Waals surface area contributed by atoms with Crippen LogP contribution in [-0.4, -0.2) is 13.0 Å². The molecule has 0 fully saturated rings. The van der Waals surface area contributed by atoms with E-state index in [1.165, 1.54) is 7.11 Å². The van der Waals surface area contributed by atoms with E-state index < -0.39 is 11.5 Å². The lowest BCUT2D eigenvalue weighted by Gasteiger charge is -2.27. The molecule has 122 valence electrons. The molecule has 0 heterocycles. The molecular formula is C19H23NO3. The Balaban J connectivity index is 2.33. The van der Waals surface area contributed by atoms with Crippen LogP contribution in [0.3, 0.4) is 0 Å². The minimum Gasteiger partial charge on any atom is -0.488 e. The molecule has 4 nitrogen and oxygen atoms in total. The molecule has 0 saturated carbocycles. The first-order valence-electron chi connectivity index (χ1n) is 7.52. The minimum absolute atomic E-state index is 0.341. The van der Waals surface area contributed by atoms with Gasteiger partial charge in [-0.1, -0.05) is 42.5 Å². The Hall–Kier alpha value is -2.33. The number of methoxy groups -OCH3 is 1. The lowest BCUT2D eigenvalue weighted by Crippen LogP contribution is -2.41. The van der Waals surface area contributed by atoms with Gasteiger partial charge in [0.05, 0.1) is 0 Å². The average molecular weight is 313 g/mol.